The molecule has 0 amide bonds. The first-order valence-electron chi connectivity index (χ1n) is 0.381. The maximum atomic E-state index is 8.57. The van der Waals surface area contributed by atoms with Gasteiger partial charge in [-0.05, 0) is 0 Å². The van der Waals surface area contributed by atoms with Crippen LogP contribution in [0.2, 0.25) is 0 Å². The standard InChI is InChI=1S/CO.2Fe/c1-2;;. The molecule has 0 saturated carbocycles. The maximum absolute atomic E-state index is 8.57. The van der Waals surface area contributed by atoms with Gasteiger partial charge in [-0.3, -0.25) is 0 Å². The van der Waals surface area contributed by atoms with Crippen LogP contribution in [0.5, 0.6) is 0 Å². The Hall–Kier alpha value is 0.619. The monoisotopic (exact) mass is 140 g/mol. The fraction of sp³-hybridized carbons (Fsp3) is 0. The van der Waals surface area contributed by atoms with Crippen LogP contribution >= 0.6 is 0 Å². The Morgan fingerprint density at radius 2 is 1.75 bits per heavy atom. The average molecular weight is 140 g/mol. The van der Waals surface area contributed by atoms with Crippen molar-refractivity contribution in [2.45, 2.75) is 0 Å². The fourth-order valence-electron chi connectivity index (χ4n) is 0. The molecule has 0 radical (unpaired) electrons. The summed E-state index contributed by atoms with van der Waals surface area (Å²) in [6.45, 7) is 0. The van der Waals surface area contributed by atoms with E-state index in [4.69, 9.17) is 4.79 Å². The molecular formula is CFe2O. The van der Waals surface area contributed by atoms with Crippen molar-refractivity contribution in [3.05, 3.63) is 0 Å². The van der Waals surface area contributed by atoms with E-state index in [1.807, 2.05) is 0 Å². The summed E-state index contributed by atoms with van der Waals surface area (Å²) in [5, 5.41) is 0. The van der Waals surface area contributed by atoms with Crippen LogP contribution in [0.15, 0.2) is 0 Å². The molecule has 0 saturated heterocycles. The molecule has 3 heteroatoms. The third kappa shape index (κ3) is 17.9. The Labute approximate surface area is 42.6 Å². The van der Waals surface area contributed by atoms with Crippen LogP contribution in [0.1, 0.15) is 0 Å². The summed E-state index contributed by atoms with van der Waals surface area (Å²) in [6.07, 6.45) is 0. The molecule has 0 rings (SSSR count). The molecular weight excluding hydrogens is 140 g/mol. The molecule has 4 heavy (non-hydrogen) atoms. The van der Waals surface area contributed by atoms with Gasteiger partial charge < -0.3 is 0 Å². The maximum Gasteiger partial charge on any atom is 0 e. The van der Waals surface area contributed by atoms with Gasteiger partial charge in [0.15, 0.2) is 0 Å². The van der Waals surface area contributed by atoms with Crippen molar-refractivity contribution in [3.8, 4) is 0 Å². The second-order valence-corrected chi connectivity index (χ2v) is 0.298. The normalized spacial score (nSPS) is 2.25. The summed E-state index contributed by atoms with van der Waals surface area (Å²) in [4.78, 5) is 9.82. The first-order valence-corrected chi connectivity index (χ1v) is 0.933. The van der Waals surface area contributed by atoms with Gasteiger partial charge in [0.2, 0.25) is 0 Å². The largest absolute Gasteiger partial charge is 0 e. The van der Waals surface area contributed by atoms with E-state index in [1.54, 1.807) is 0 Å². The fourth-order valence-corrected chi connectivity index (χ4v) is 0. The van der Waals surface area contributed by atoms with Crippen LogP contribution in [-0.2, 0) is 37.4 Å². The summed E-state index contributed by atoms with van der Waals surface area (Å²) in [5.74, 6) is 0. The van der Waals surface area contributed by atoms with Crippen LogP contribution in [0.3, 0.4) is 0 Å². The molecule has 0 N–H and O–H groups in total. The Morgan fingerprint density at radius 1 is 1.75 bits per heavy atom. The number of carbonyl (C=O) groups excluding carboxylic acids is 1. The summed E-state index contributed by atoms with van der Waals surface area (Å²) >= 11 is 2.68. The van der Waals surface area contributed by atoms with Crippen molar-refractivity contribution >= 4 is 4.79 Å². The van der Waals surface area contributed by atoms with Gasteiger partial charge in [0, 0.05) is 17.1 Å². The summed E-state index contributed by atoms with van der Waals surface area (Å²) in [5.41, 5.74) is 0. The van der Waals surface area contributed by atoms with E-state index in [2.05, 4.69) is 15.6 Å². The smallest absolute Gasteiger partial charge is 0 e. The van der Waals surface area contributed by atoms with Crippen LogP contribution in [-0.4, -0.2) is 4.79 Å². The van der Waals surface area contributed by atoms with Gasteiger partial charge in [-0.15, -0.1) is 0 Å². The van der Waals surface area contributed by atoms with Gasteiger partial charge in [-0.1, -0.05) is 0 Å². The van der Waals surface area contributed by atoms with Gasteiger partial charge in [0.1, 0.15) is 0 Å². The summed E-state index contributed by atoms with van der Waals surface area (Å²) < 4.78 is 0. The number of rotatable bonds is 0. The SMILES string of the molecule is O=[C]=[Fe].[Fe]. The molecule has 0 atom stereocenters. The average Bonchev–Trinajstić information content (AvgIpc) is 0.918. The molecule has 0 heterocycles. The third-order valence-corrected chi connectivity index (χ3v) is 0. The first-order chi connectivity index (χ1) is 1.41. The van der Waals surface area contributed by atoms with Gasteiger partial charge in [-0.25, -0.2) is 0 Å². The quantitative estimate of drug-likeness (QED) is 0.418. The first kappa shape index (κ1) is 8.82. The van der Waals surface area contributed by atoms with Crippen LogP contribution < -0.4 is 0 Å². The molecule has 0 fully saturated rings. The molecule has 0 bridgehead atoms. The Kier molecular flexibility index (Phi) is 20.9. The van der Waals surface area contributed by atoms with Crippen molar-refractivity contribution in [1.82, 2.24) is 0 Å². The van der Waals surface area contributed by atoms with E-state index in [0.29, 0.717) is 0 Å². The molecule has 0 aliphatic heterocycles. The van der Waals surface area contributed by atoms with E-state index in [9.17, 15) is 0 Å². The zero-order valence-corrected chi connectivity index (χ0v) is 3.82. The van der Waals surface area contributed by atoms with E-state index in [0.717, 1.165) is 0 Å². The van der Waals surface area contributed by atoms with Crippen molar-refractivity contribution < 1.29 is 37.4 Å². The Balaban J connectivity index is 0. The van der Waals surface area contributed by atoms with Gasteiger partial charge in [0.05, 0.1) is 0 Å². The van der Waals surface area contributed by atoms with Crippen LogP contribution in [0.4, 0.5) is 0 Å². The molecule has 0 aliphatic rings. The van der Waals surface area contributed by atoms with Crippen LogP contribution in [0.25, 0.3) is 0 Å². The van der Waals surface area contributed by atoms with E-state index >= 15 is 0 Å². The van der Waals surface area contributed by atoms with Gasteiger partial charge in [-0.2, -0.15) is 0 Å². The second kappa shape index (κ2) is 9.47. The van der Waals surface area contributed by atoms with Crippen molar-refractivity contribution in [2.24, 2.45) is 0 Å². The summed E-state index contributed by atoms with van der Waals surface area (Å²) in [6, 6.07) is 0. The molecule has 26 valence electrons. The van der Waals surface area contributed by atoms with Crippen LogP contribution in [0, 0.1) is 0 Å². The molecule has 0 spiro atoms. The number of hydrogen-bond donors (Lipinski definition) is 0. The van der Waals surface area contributed by atoms with E-state index in [-0.39, 0.29) is 17.1 Å². The predicted octanol–water partition coefficient (Wildman–Crippen LogP) is -0.402. The molecule has 0 aromatic heterocycles. The molecule has 0 unspecified atom stereocenters. The zero-order valence-electron chi connectivity index (χ0n) is 1.62. The minimum Gasteiger partial charge on any atom is 0 e. The molecule has 0 aromatic carbocycles. The van der Waals surface area contributed by atoms with Crippen molar-refractivity contribution in [3.63, 3.8) is 0 Å². The second-order valence-electron chi connectivity index (χ2n) is 0.0722. The number of hydrogen-bond acceptors (Lipinski definition) is 1. The van der Waals surface area contributed by atoms with E-state index < -0.39 is 0 Å². The molecule has 0 aliphatic carbocycles. The Morgan fingerprint density at radius 3 is 1.75 bits per heavy atom. The zero-order chi connectivity index (χ0) is 2.71. The summed E-state index contributed by atoms with van der Waals surface area (Å²) in [7, 11) is 0. The van der Waals surface area contributed by atoms with Crippen molar-refractivity contribution in [2.75, 3.05) is 0 Å². The topological polar surface area (TPSA) is 17.1 Å². The Bertz CT molecular complexity index is 27.0. The van der Waals surface area contributed by atoms with Gasteiger partial charge in [0.25, 0.3) is 0 Å². The van der Waals surface area contributed by atoms with E-state index in [1.165, 1.54) is 4.79 Å². The third-order valence-electron chi connectivity index (χ3n) is 0. The predicted molar refractivity (Wildman–Crippen MR) is 5.69 cm³/mol. The minimum absolute atomic E-state index is 0. The molecule has 0 aromatic rings. The minimum atomic E-state index is 0. The molecule has 1 nitrogen and oxygen atoms in total. The van der Waals surface area contributed by atoms with Gasteiger partial charge >= 0.3 is 25.2 Å². The van der Waals surface area contributed by atoms with Crippen molar-refractivity contribution in [1.29, 1.82) is 0 Å².